The highest BCUT2D eigenvalue weighted by Crippen LogP contribution is 2.32. The first-order valence-corrected chi connectivity index (χ1v) is 12.2. The van der Waals surface area contributed by atoms with Crippen LogP contribution in [0.2, 0.25) is 0 Å². The Kier molecular flexibility index (Phi) is 5.35. The molecule has 2 aromatic carbocycles. The Bertz CT molecular complexity index is 1110. The fourth-order valence-corrected chi connectivity index (χ4v) is 6.12. The lowest BCUT2D eigenvalue weighted by molar-refractivity contribution is -0.126. The summed E-state index contributed by atoms with van der Waals surface area (Å²) in [5, 5.41) is 2.97. The van der Waals surface area contributed by atoms with Crippen molar-refractivity contribution in [3.05, 3.63) is 53.1 Å². The van der Waals surface area contributed by atoms with E-state index in [9.17, 15) is 13.2 Å². The van der Waals surface area contributed by atoms with E-state index in [-0.39, 0.29) is 18.6 Å². The standard InChI is InChI=1S/C23H26N2O5S/c26-23(24-14-16-4-7-21-22(12-16)30-15-29-21)18-8-10-25(11-9-18)31(27,28)20-6-5-17-2-1-3-19(17)13-20/h4-7,12-13,18H,1-3,8-11,14-15H2,(H,24,26). The summed E-state index contributed by atoms with van der Waals surface area (Å²) < 4.78 is 38.3. The molecule has 0 bridgehead atoms. The van der Waals surface area contributed by atoms with Crippen LogP contribution >= 0.6 is 0 Å². The maximum Gasteiger partial charge on any atom is 0.243 e. The number of rotatable bonds is 5. The van der Waals surface area contributed by atoms with Crippen molar-refractivity contribution < 1.29 is 22.7 Å². The van der Waals surface area contributed by atoms with Gasteiger partial charge in [0.1, 0.15) is 0 Å². The molecule has 1 amide bonds. The Labute approximate surface area is 182 Å². The summed E-state index contributed by atoms with van der Waals surface area (Å²) >= 11 is 0. The Balaban J connectivity index is 1.16. The third-order valence-corrected chi connectivity index (χ3v) is 8.33. The molecule has 1 saturated heterocycles. The molecule has 8 heteroatoms. The molecule has 0 atom stereocenters. The smallest absolute Gasteiger partial charge is 0.243 e. The topological polar surface area (TPSA) is 84.9 Å². The zero-order chi connectivity index (χ0) is 21.4. The predicted octanol–water partition coefficient (Wildman–Crippen LogP) is 2.62. The van der Waals surface area contributed by atoms with Crippen LogP contribution < -0.4 is 14.8 Å². The van der Waals surface area contributed by atoms with Gasteiger partial charge in [-0.05, 0) is 73.1 Å². The van der Waals surface area contributed by atoms with Gasteiger partial charge in [0, 0.05) is 25.6 Å². The van der Waals surface area contributed by atoms with Gasteiger partial charge >= 0.3 is 0 Å². The van der Waals surface area contributed by atoms with Gasteiger partial charge in [-0.25, -0.2) is 8.42 Å². The number of fused-ring (bicyclic) bond motifs is 2. The molecule has 3 aliphatic rings. The second kappa shape index (κ2) is 8.16. The minimum absolute atomic E-state index is 0.0350. The molecule has 1 fully saturated rings. The summed E-state index contributed by atoms with van der Waals surface area (Å²) in [5.74, 6) is 1.19. The Morgan fingerprint density at radius 3 is 2.61 bits per heavy atom. The third kappa shape index (κ3) is 4.02. The van der Waals surface area contributed by atoms with E-state index in [1.807, 2.05) is 30.3 Å². The minimum atomic E-state index is -3.52. The van der Waals surface area contributed by atoms with Crippen LogP contribution in [0.15, 0.2) is 41.3 Å². The fraction of sp³-hybridized carbons (Fsp3) is 0.435. The number of sulfonamides is 1. The second-order valence-corrected chi connectivity index (χ2v) is 10.3. The highest BCUT2D eigenvalue weighted by Gasteiger charge is 2.32. The molecule has 1 N–H and O–H groups in total. The van der Waals surface area contributed by atoms with Crippen LogP contribution in [0.5, 0.6) is 11.5 Å². The molecular weight excluding hydrogens is 416 g/mol. The summed E-state index contributed by atoms with van der Waals surface area (Å²) in [7, 11) is -3.52. The van der Waals surface area contributed by atoms with Crippen molar-refractivity contribution in [2.75, 3.05) is 19.9 Å². The molecule has 2 aliphatic heterocycles. The molecule has 2 aromatic rings. The second-order valence-electron chi connectivity index (χ2n) is 8.37. The predicted molar refractivity (Wildman–Crippen MR) is 114 cm³/mol. The molecular formula is C23H26N2O5S. The van der Waals surface area contributed by atoms with Crippen LogP contribution in [0.1, 0.15) is 36.0 Å². The summed E-state index contributed by atoms with van der Waals surface area (Å²) in [6, 6.07) is 11.1. The number of carbonyl (C=O) groups is 1. The van der Waals surface area contributed by atoms with Crippen LogP contribution in [0.3, 0.4) is 0 Å². The van der Waals surface area contributed by atoms with Crippen molar-refractivity contribution in [2.45, 2.75) is 43.5 Å². The van der Waals surface area contributed by atoms with Gasteiger partial charge in [-0.2, -0.15) is 4.31 Å². The maximum absolute atomic E-state index is 13.1. The van der Waals surface area contributed by atoms with E-state index in [0.29, 0.717) is 48.9 Å². The first-order valence-electron chi connectivity index (χ1n) is 10.8. The van der Waals surface area contributed by atoms with E-state index in [4.69, 9.17) is 9.47 Å². The number of amides is 1. The maximum atomic E-state index is 13.1. The highest BCUT2D eigenvalue weighted by atomic mass is 32.2. The zero-order valence-electron chi connectivity index (χ0n) is 17.3. The van der Waals surface area contributed by atoms with Gasteiger partial charge in [0.25, 0.3) is 0 Å². The average molecular weight is 443 g/mol. The number of benzene rings is 2. The molecule has 1 aliphatic carbocycles. The van der Waals surface area contributed by atoms with Crippen molar-refractivity contribution in [1.82, 2.24) is 9.62 Å². The molecule has 2 heterocycles. The van der Waals surface area contributed by atoms with Gasteiger partial charge < -0.3 is 14.8 Å². The van der Waals surface area contributed by atoms with Crippen molar-refractivity contribution in [3.63, 3.8) is 0 Å². The van der Waals surface area contributed by atoms with Crippen LogP contribution in [-0.4, -0.2) is 38.5 Å². The fourth-order valence-electron chi connectivity index (χ4n) is 4.60. The van der Waals surface area contributed by atoms with E-state index in [2.05, 4.69) is 5.32 Å². The van der Waals surface area contributed by atoms with E-state index in [1.165, 1.54) is 9.87 Å². The molecule has 0 spiro atoms. The van der Waals surface area contributed by atoms with Crippen molar-refractivity contribution in [3.8, 4) is 11.5 Å². The molecule has 0 saturated carbocycles. The third-order valence-electron chi connectivity index (χ3n) is 6.44. The first kappa shape index (κ1) is 20.3. The minimum Gasteiger partial charge on any atom is -0.454 e. The number of nitrogens with zero attached hydrogens (tertiary/aromatic N) is 1. The van der Waals surface area contributed by atoms with Gasteiger partial charge in [0.05, 0.1) is 4.90 Å². The molecule has 31 heavy (non-hydrogen) atoms. The Morgan fingerprint density at radius 2 is 1.77 bits per heavy atom. The summed E-state index contributed by atoms with van der Waals surface area (Å²) in [6.07, 6.45) is 4.12. The number of piperidine rings is 1. The van der Waals surface area contributed by atoms with E-state index >= 15 is 0 Å². The first-order chi connectivity index (χ1) is 15.0. The van der Waals surface area contributed by atoms with Crippen LogP contribution in [-0.2, 0) is 34.2 Å². The van der Waals surface area contributed by atoms with E-state index in [0.717, 1.165) is 30.4 Å². The number of nitrogens with one attached hydrogen (secondary N) is 1. The van der Waals surface area contributed by atoms with E-state index in [1.54, 1.807) is 6.07 Å². The van der Waals surface area contributed by atoms with Crippen LogP contribution in [0, 0.1) is 5.92 Å². The van der Waals surface area contributed by atoms with Gasteiger partial charge in [0.2, 0.25) is 22.7 Å². The number of hydrogen-bond acceptors (Lipinski definition) is 5. The van der Waals surface area contributed by atoms with Gasteiger partial charge in [0.15, 0.2) is 11.5 Å². The number of carbonyl (C=O) groups excluding carboxylic acids is 1. The van der Waals surface area contributed by atoms with Crippen molar-refractivity contribution >= 4 is 15.9 Å². The molecule has 7 nitrogen and oxygen atoms in total. The number of hydrogen-bond donors (Lipinski definition) is 1. The summed E-state index contributed by atoms with van der Waals surface area (Å²) in [6.45, 7) is 1.35. The van der Waals surface area contributed by atoms with Gasteiger partial charge in [-0.1, -0.05) is 12.1 Å². The van der Waals surface area contributed by atoms with Crippen molar-refractivity contribution in [1.29, 1.82) is 0 Å². The quantitative estimate of drug-likeness (QED) is 0.770. The lowest BCUT2D eigenvalue weighted by atomic mass is 9.97. The van der Waals surface area contributed by atoms with Crippen LogP contribution in [0.25, 0.3) is 0 Å². The molecule has 0 unspecified atom stereocenters. The Hall–Kier alpha value is -2.58. The normalized spacial score (nSPS) is 18.7. The Morgan fingerprint density at radius 1 is 1.00 bits per heavy atom. The molecule has 5 rings (SSSR count). The highest BCUT2D eigenvalue weighted by molar-refractivity contribution is 7.89. The van der Waals surface area contributed by atoms with Gasteiger partial charge in [-0.3, -0.25) is 4.79 Å². The van der Waals surface area contributed by atoms with Crippen molar-refractivity contribution in [2.24, 2.45) is 5.92 Å². The van der Waals surface area contributed by atoms with Gasteiger partial charge in [-0.15, -0.1) is 0 Å². The number of aryl methyl sites for hydroxylation is 2. The van der Waals surface area contributed by atoms with Crippen LogP contribution in [0.4, 0.5) is 0 Å². The largest absolute Gasteiger partial charge is 0.454 e. The lowest BCUT2D eigenvalue weighted by Gasteiger charge is -2.30. The summed E-state index contributed by atoms with van der Waals surface area (Å²) in [5.41, 5.74) is 3.35. The lowest BCUT2D eigenvalue weighted by Crippen LogP contribution is -2.42. The molecule has 0 radical (unpaired) electrons. The molecule has 164 valence electrons. The van der Waals surface area contributed by atoms with E-state index < -0.39 is 10.0 Å². The average Bonchev–Trinajstić information content (AvgIpc) is 3.45. The monoisotopic (exact) mass is 442 g/mol. The number of ether oxygens (including phenoxy) is 2. The SMILES string of the molecule is O=C(NCc1ccc2c(c1)OCO2)C1CCN(S(=O)(=O)c2ccc3c(c2)CCC3)CC1. The molecule has 0 aromatic heterocycles. The zero-order valence-corrected chi connectivity index (χ0v) is 18.1. The summed E-state index contributed by atoms with van der Waals surface area (Å²) in [4.78, 5) is 13.0.